The van der Waals surface area contributed by atoms with Gasteiger partial charge in [0, 0.05) is 28.5 Å². The first kappa shape index (κ1) is 19.7. The molecule has 5 nitrogen and oxygen atoms in total. The fourth-order valence-electron chi connectivity index (χ4n) is 4.52. The summed E-state index contributed by atoms with van der Waals surface area (Å²) in [6.07, 6.45) is 7.21. The fraction of sp³-hybridized carbons (Fsp3) is 0.450. The molecule has 0 spiro atoms. The summed E-state index contributed by atoms with van der Waals surface area (Å²) < 4.78 is 22.0. The van der Waals surface area contributed by atoms with E-state index in [1.165, 1.54) is 12.1 Å². The third kappa shape index (κ3) is 3.55. The number of nitrogens with zero attached hydrogens (tertiary/aromatic N) is 1. The third-order valence-electron chi connectivity index (χ3n) is 6.14. The van der Waals surface area contributed by atoms with Crippen molar-refractivity contribution in [3.05, 3.63) is 52.0 Å². The largest absolute Gasteiger partial charge is 0.484 e. The minimum absolute atomic E-state index is 0.00132. The first-order valence-corrected chi connectivity index (χ1v) is 10.4. The van der Waals surface area contributed by atoms with Crippen molar-refractivity contribution < 1.29 is 19.0 Å². The molecule has 1 amide bonds. The fourth-order valence-corrected chi connectivity index (χ4v) is 4.98. The molecular weight excluding hydrogens is 451 g/mol. The van der Waals surface area contributed by atoms with Crippen molar-refractivity contribution >= 4 is 33.4 Å². The molecular formula is C20H21BrClFN2O3. The average molecular weight is 472 g/mol. The summed E-state index contributed by atoms with van der Waals surface area (Å²) in [5.41, 5.74) is -0.729. The van der Waals surface area contributed by atoms with Gasteiger partial charge in [0.25, 0.3) is 5.91 Å². The summed E-state index contributed by atoms with van der Waals surface area (Å²) in [6.45, 7) is -0.245. The highest BCUT2D eigenvalue weighted by atomic mass is 79.9. The summed E-state index contributed by atoms with van der Waals surface area (Å²) in [5, 5.41) is 13.8. The van der Waals surface area contributed by atoms with Crippen molar-refractivity contribution in [3.63, 3.8) is 0 Å². The second-order valence-corrected chi connectivity index (χ2v) is 9.07. The Morgan fingerprint density at radius 1 is 1.36 bits per heavy atom. The highest BCUT2D eigenvalue weighted by Gasteiger charge is 2.55. The summed E-state index contributed by atoms with van der Waals surface area (Å²) >= 11 is 9.13. The molecule has 150 valence electrons. The lowest BCUT2D eigenvalue weighted by atomic mass is 9.59. The van der Waals surface area contributed by atoms with E-state index in [1.807, 2.05) is 18.5 Å². The standard InChI is InChI=1S/C20H21BrClFN2O3/c21-13-3-8-25(11-13)19-4-6-20(7-5-19,17(26)10-19)24-18(27)12-28-14-1-2-15(22)16(23)9-14/h1-3,8-9,11,17,26H,4-7,10,12H2,(H,24,27). The maximum Gasteiger partial charge on any atom is 0.258 e. The number of ether oxygens (including phenoxy) is 1. The molecule has 2 N–H and O–H groups in total. The van der Waals surface area contributed by atoms with Crippen molar-refractivity contribution in [1.29, 1.82) is 0 Å². The number of aromatic nitrogens is 1. The summed E-state index contributed by atoms with van der Waals surface area (Å²) in [5.74, 6) is -0.687. The van der Waals surface area contributed by atoms with Gasteiger partial charge < -0.3 is 19.7 Å². The van der Waals surface area contributed by atoms with Gasteiger partial charge >= 0.3 is 0 Å². The van der Waals surface area contributed by atoms with E-state index >= 15 is 0 Å². The molecule has 8 heteroatoms. The minimum Gasteiger partial charge on any atom is -0.484 e. The molecule has 2 bridgehead atoms. The molecule has 5 rings (SSSR count). The van der Waals surface area contributed by atoms with E-state index in [1.54, 1.807) is 0 Å². The Morgan fingerprint density at radius 3 is 2.71 bits per heavy atom. The van der Waals surface area contributed by atoms with Crippen molar-refractivity contribution in [2.75, 3.05) is 6.61 Å². The van der Waals surface area contributed by atoms with Gasteiger partial charge in [-0.3, -0.25) is 4.79 Å². The molecule has 3 saturated carbocycles. The molecule has 0 aliphatic heterocycles. The van der Waals surface area contributed by atoms with Crippen LogP contribution in [0.3, 0.4) is 0 Å². The number of carbonyl (C=O) groups excluding carboxylic acids is 1. The molecule has 1 atom stereocenters. The van der Waals surface area contributed by atoms with Gasteiger partial charge in [-0.2, -0.15) is 0 Å². The molecule has 2 aromatic rings. The first-order chi connectivity index (χ1) is 13.3. The first-order valence-electron chi connectivity index (χ1n) is 9.23. The second kappa shape index (κ2) is 7.35. The lowest BCUT2D eigenvalue weighted by molar-refractivity contribution is -0.134. The smallest absolute Gasteiger partial charge is 0.258 e. The zero-order chi connectivity index (χ0) is 19.9. The predicted octanol–water partition coefficient (Wildman–Crippen LogP) is 4.01. The third-order valence-corrected chi connectivity index (χ3v) is 6.91. The Morgan fingerprint density at radius 2 is 2.11 bits per heavy atom. The summed E-state index contributed by atoms with van der Waals surface area (Å²) in [4.78, 5) is 12.4. The van der Waals surface area contributed by atoms with Crippen molar-refractivity contribution in [2.24, 2.45) is 0 Å². The van der Waals surface area contributed by atoms with E-state index in [0.29, 0.717) is 19.3 Å². The highest BCUT2D eigenvalue weighted by Crippen LogP contribution is 2.51. The van der Waals surface area contributed by atoms with Crippen LogP contribution in [0, 0.1) is 5.82 Å². The Kier molecular flexibility index (Phi) is 5.18. The normalized spacial score (nSPS) is 28.9. The maximum absolute atomic E-state index is 13.5. The Hall–Kier alpha value is -1.57. The van der Waals surface area contributed by atoms with E-state index in [9.17, 15) is 14.3 Å². The number of aliphatic hydroxyl groups is 1. The van der Waals surface area contributed by atoms with Crippen molar-refractivity contribution in [1.82, 2.24) is 9.88 Å². The molecule has 1 aromatic carbocycles. The molecule has 1 heterocycles. The van der Waals surface area contributed by atoms with Crippen molar-refractivity contribution in [3.8, 4) is 5.75 Å². The molecule has 1 aromatic heterocycles. The number of hydrogen-bond acceptors (Lipinski definition) is 3. The second-order valence-electron chi connectivity index (χ2n) is 7.75. The molecule has 3 aliphatic carbocycles. The number of halogens is 3. The Balaban J connectivity index is 1.39. The number of hydrogen-bond donors (Lipinski definition) is 2. The van der Waals surface area contributed by atoms with Gasteiger partial charge in [-0.15, -0.1) is 0 Å². The van der Waals surface area contributed by atoms with Crippen LogP contribution < -0.4 is 10.1 Å². The monoisotopic (exact) mass is 470 g/mol. The number of carbonyl (C=O) groups is 1. The molecule has 0 saturated heterocycles. The van der Waals surface area contributed by atoms with E-state index < -0.39 is 17.5 Å². The summed E-state index contributed by atoms with van der Waals surface area (Å²) in [6, 6.07) is 6.04. The molecule has 1 unspecified atom stereocenters. The van der Waals surface area contributed by atoms with Crippen LogP contribution in [0.2, 0.25) is 5.02 Å². The number of fused-ring (bicyclic) bond motifs is 3. The predicted molar refractivity (Wildman–Crippen MR) is 107 cm³/mol. The highest BCUT2D eigenvalue weighted by molar-refractivity contribution is 9.10. The van der Waals surface area contributed by atoms with Gasteiger partial charge in [-0.25, -0.2) is 4.39 Å². The van der Waals surface area contributed by atoms with Gasteiger partial charge in [-0.05, 0) is 66.2 Å². The van der Waals surface area contributed by atoms with Gasteiger partial charge in [-0.1, -0.05) is 11.6 Å². The van der Waals surface area contributed by atoms with Gasteiger partial charge in [0.15, 0.2) is 6.61 Å². The van der Waals surface area contributed by atoms with E-state index in [2.05, 4.69) is 25.8 Å². The van der Waals surface area contributed by atoms with Crippen LogP contribution in [0.25, 0.3) is 0 Å². The van der Waals surface area contributed by atoms with Crippen LogP contribution >= 0.6 is 27.5 Å². The van der Waals surface area contributed by atoms with Crippen molar-refractivity contribution in [2.45, 2.75) is 49.3 Å². The number of nitrogens with one attached hydrogen (secondary N) is 1. The van der Waals surface area contributed by atoms with Crippen LogP contribution in [0.5, 0.6) is 5.75 Å². The SMILES string of the molecule is O=C(COc1ccc(Cl)c(F)c1)NC12CCC(n3ccc(Br)c3)(CC1)CC2O. The minimum atomic E-state index is -0.631. The number of rotatable bonds is 5. The summed E-state index contributed by atoms with van der Waals surface area (Å²) in [7, 11) is 0. The number of benzene rings is 1. The van der Waals surface area contributed by atoms with Crippen LogP contribution in [-0.4, -0.2) is 33.8 Å². The topological polar surface area (TPSA) is 63.5 Å². The number of aliphatic hydroxyl groups excluding tert-OH is 1. The van der Waals surface area contributed by atoms with Gasteiger partial charge in [0.1, 0.15) is 11.6 Å². The lowest BCUT2D eigenvalue weighted by Crippen LogP contribution is -2.67. The quantitative estimate of drug-likeness (QED) is 0.693. The van der Waals surface area contributed by atoms with Crippen LogP contribution in [-0.2, 0) is 10.3 Å². The van der Waals surface area contributed by atoms with E-state index in [-0.39, 0.29) is 28.8 Å². The van der Waals surface area contributed by atoms with Gasteiger partial charge in [0.2, 0.25) is 0 Å². The van der Waals surface area contributed by atoms with Gasteiger partial charge in [0.05, 0.1) is 16.7 Å². The zero-order valence-electron chi connectivity index (χ0n) is 15.1. The Bertz CT molecular complexity index is 895. The average Bonchev–Trinajstić information content (AvgIpc) is 3.11. The zero-order valence-corrected chi connectivity index (χ0v) is 17.5. The molecule has 3 aliphatic rings. The maximum atomic E-state index is 13.5. The molecule has 3 fully saturated rings. The lowest BCUT2D eigenvalue weighted by Gasteiger charge is -2.56. The van der Waals surface area contributed by atoms with Crippen LogP contribution in [0.1, 0.15) is 32.1 Å². The Labute approximate surface area is 176 Å². The van der Waals surface area contributed by atoms with Crippen LogP contribution in [0.4, 0.5) is 4.39 Å². The molecule has 28 heavy (non-hydrogen) atoms. The number of amides is 1. The van der Waals surface area contributed by atoms with Crippen LogP contribution in [0.15, 0.2) is 41.1 Å². The van der Waals surface area contributed by atoms with E-state index in [0.717, 1.165) is 23.4 Å². The van der Waals surface area contributed by atoms with E-state index in [4.69, 9.17) is 16.3 Å². The molecule has 0 radical (unpaired) electrons.